The fourth-order valence-electron chi connectivity index (χ4n) is 4.63. The van der Waals surface area contributed by atoms with Gasteiger partial charge in [-0.25, -0.2) is 0 Å². The van der Waals surface area contributed by atoms with Crippen molar-refractivity contribution in [3.8, 4) is 0 Å². The molecule has 5 heteroatoms. The largest absolute Gasteiger partial charge is 0.628 e. The van der Waals surface area contributed by atoms with E-state index in [1.54, 1.807) is 7.11 Å². The molecular weight excluding hydrogens is 390 g/mol. The Balaban J connectivity index is 1.74. The topological polar surface area (TPSA) is 66.2 Å². The van der Waals surface area contributed by atoms with E-state index in [2.05, 4.69) is 32.9 Å². The van der Waals surface area contributed by atoms with Crippen LogP contribution in [0.5, 0.6) is 0 Å². The minimum absolute atomic E-state index is 0.0789. The van der Waals surface area contributed by atoms with Gasteiger partial charge in [-0.05, 0) is 66.4 Å². The van der Waals surface area contributed by atoms with E-state index in [4.69, 9.17) is 9.47 Å². The van der Waals surface area contributed by atoms with Crippen LogP contribution in [-0.4, -0.2) is 36.1 Å². The molecule has 170 valence electrons. The van der Waals surface area contributed by atoms with Crippen LogP contribution in [0.2, 0.25) is 0 Å². The maximum atomic E-state index is 12.9. The van der Waals surface area contributed by atoms with Crippen molar-refractivity contribution in [1.82, 2.24) is 0 Å². The van der Waals surface area contributed by atoms with Gasteiger partial charge in [-0.1, -0.05) is 35.4 Å². The van der Waals surface area contributed by atoms with E-state index >= 15 is 0 Å². The van der Waals surface area contributed by atoms with Gasteiger partial charge in [-0.3, -0.25) is 0 Å². The maximum absolute atomic E-state index is 12.9. The number of rotatable bonds is 8. The van der Waals surface area contributed by atoms with Crippen LogP contribution in [-0.2, 0) is 9.47 Å². The molecule has 0 fully saturated rings. The van der Waals surface area contributed by atoms with Crippen LogP contribution in [0, 0.1) is 5.21 Å². The van der Waals surface area contributed by atoms with E-state index in [0.29, 0.717) is 17.9 Å². The van der Waals surface area contributed by atoms with Gasteiger partial charge >= 0.3 is 0 Å². The number of benzene rings is 1. The van der Waals surface area contributed by atoms with Crippen LogP contribution >= 0.6 is 0 Å². The SMILES string of the molecule is COC1C2=C(OC1C(C)(O)CCC=C(C)CCC=C(C)C)c1ccccc1[NH+]([O-])C2C. The van der Waals surface area contributed by atoms with Crippen molar-refractivity contribution in [3.05, 3.63) is 63.9 Å². The Morgan fingerprint density at radius 1 is 1.23 bits per heavy atom. The quantitative estimate of drug-likeness (QED) is 0.475. The lowest BCUT2D eigenvalue weighted by atomic mass is 9.85. The van der Waals surface area contributed by atoms with Crippen LogP contribution in [0.4, 0.5) is 5.69 Å². The van der Waals surface area contributed by atoms with Crippen LogP contribution in [0.3, 0.4) is 0 Å². The minimum atomic E-state index is -1.09. The highest BCUT2D eigenvalue weighted by atomic mass is 16.6. The smallest absolute Gasteiger partial charge is 0.157 e. The molecule has 0 bridgehead atoms. The molecule has 0 radical (unpaired) electrons. The lowest BCUT2D eigenvalue weighted by molar-refractivity contribution is -0.799. The number of quaternary nitrogens is 1. The van der Waals surface area contributed by atoms with E-state index in [0.717, 1.165) is 30.4 Å². The van der Waals surface area contributed by atoms with Crippen LogP contribution in [0.1, 0.15) is 65.9 Å². The summed E-state index contributed by atoms with van der Waals surface area (Å²) in [6.07, 6.45) is 6.85. The van der Waals surface area contributed by atoms with Crippen molar-refractivity contribution in [2.75, 3.05) is 7.11 Å². The van der Waals surface area contributed by atoms with Gasteiger partial charge in [0.1, 0.15) is 29.2 Å². The molecule has 5 nitrogen and oxygen atoms in total. The van der Waals surface area contributed by atoms with Crippen LogP contribution in [0.15, 0.2) is 53.1 Å². The summed E-state index contributed by atoms with van der Waals surface area (Å²) in [7, 11) is 1.62. The summed E-state index contributed by atoms with van der Waals surface area (Å²) in [5.41, 5.74) is 3.91. The third-order valence-electron chi connectivity index (χ3n) is 6.49. The summed E-state index contributed by atoms with van der Waals surface area (Å²) in [6.45, 7) is 10.1. The summed E-state index contributed by atoms with van der Waals surface area (Å²) in [6, 6.07) is 7.21. The molecule has 5 unspecified atom stereocenters. The number of aliphatic hydroxyl groups is 1. The van der Waals surface area contributed by atoms with Crippen molar-refractivity contribution < 1.29 is 19.6 Å². The second kappa shape index (κ2) is 9.70. The maximum Gasteiger partial charge on any atom is 0.157 e. The Kier molecular flexibility index (Phi) is 7.43. The van der Waals surface area contributed by atoms with Crippen molar-refractivity contribution in [2.24, 2.45) is 0 Å². The number of allylic oxidation sites excluding steroid dienone is 4. The average Bonchev–Trinajstić information content (AvgIpc) is 3.12. The van der Waals surface area contributed by atoms with Crippen molar-refractivity contribution >= 4 is 11.4 Å². The number of methoxy groups -OCH3 is 1. The number of fused-ring (bicyclic) bond motifs is 2. The van der Waals surface area contributed by atoms with Crippen LogP contribution < -0.4 is 5.06 Å². The molecule has 2 aliphatic heterocycles. The predicted octanol–water partition coefficient (Wildman–Crippen LogP) is 4.45. The summed E-state index contributed by atoms with van der Waals surface area (Å²) in [5.74, 6) is 0.702. The number of para-hydroxylation sites is 1. The first-order valence-electron chi connectivity index (χ1n) is 11.3. The predicted molar refractivity (Wildman–Crippen MR) is 125 cm³/mol. The van der Waals surface area contributed by atoms with Gasteiger partial charge in [0.2, 0.25) is 0 Å². The van der Waals surface area contributed by atoms with Gasteiger partial charge in [0.25, 0.3) is 0 Å². The highest BCUT2D eigenvalue weighted by molar-refractivity contribution is 5.75. The molecule has 0 saturated carbocycles. The summed E-state index contributed by atoms with van der Waals surface area (Å²) in [5, 5.41) is 24.4. The fraction of sp³-hybridized carbons (Fsp3) is 0.538. The van der Waals surface area contributed by atoms with E-state index in [-0.39, 0.29) is 11.1 Å². The lowest BCUT2D eigenvalue weighted by Crippen LogP contribution is -3.07. The summed E-state index contributed by atoms with van der Waals surface area (Å²) >= 11 is 0. The normalized spacial score (nSPS) is 27.3. The van der Waals surface area contributed by atoms with Crippen LogP contribution in [0.25, 0.3) is 5.76 Å². The number of hydrogen-bond donors (Lipinski definition) is 2. The highest BCUT2D eigenvalue weighted by Crippen LogP contribution is 2.44. The van der Waals surface area contributed by atoms with Crippen molar-refractivity contribution in [3.63, 3.8) is 0 Å². The molecule has 1 aromatic carbocycles. The second-order valence-corrected chi connectivity index (χ2v) is 9.38. The monoisotopic (exact) mass is 427 g/mol. The van der Waals surface area contributed by atoms with Gasteiger partial charge in [0.15, 0.2) is 6.10 Å². The zero-order chi connectivity index (χ0) is 22.8. The molecular formula is C26H37NO4. The first-order chi connectivity index (χ1) is 14.7. The third-order valence-corrected chi connectivity index (χ3v) is 6.49. The van der Waals surface area contributed by atoms with E-state index in [9.17, 15) is 10.3 Å². The number of hydrogen-bond acceptors (Lipinski definition) is 4. The molecule has 3 rings (SSSR count). The number of ether oxygens (including phenoxy) is 2. The highest BCUT2D eigenvalue weighted by Gasteiger charge is 2.52. The summed E-state index contributed by atoms with van der Waals surface area (Å²) < 4.78 is 12.2. The van der Waals surface area contributed by atoms with Crippen molar-refractivity contribution in [1.29, 1.82) is 0 Å². The Labute approximate surface area is 186 Å². The first kappa shape index (κ1) is 23.7. The number of hydroxylamine groups is 1. The molecule has 1 aromatic rings. The molecule has 2 heterocycles. The molecule has 0 aromatic heterocycles. The molecule has 0 saturated heterocycles. The molecule has 31 heavy (non-hydrogen) atoms. The Bertz CT molecular complexity index is 879. The van der Waals surface area contributed by atoms with E-state index in [1.165, 1.54) is 11.1 Å². The second-order valence-electron chi connectivity index (χ2n) is 9.38. The lowest BCUT2D eigenvalue weighted by Gasteiger charge is -2.36. The van der Waals surface area contributed by atoms with Gasteiger partial charge in [0.05, 0.1) is 11.1 Å². The first-order valence-corrected chi connectivity index (χ1v) is 11.3. The molecule has 2 aliphatic rings. The Hall–Kier alpha value is -1.92. The molecule has 0 aliphatic carbocycles. The zero-order valence-corrected chi connectivity index (χ0v) is 19.7. The van der Waals surface area contributed by atoms with Gasteiger partial charge in [-0.2, -0.15) is 0 Å². The number of nitrogens with one attached hydrogen (secondary N) is 1. The van der Waals surface area contributed by atoms with Gasteiger partial charge in [0, 0.05) is 13.2 Å². The third kappa shape index (κ3) is 4.96. The molecule has 0 spiro atoms. The van der Waals surface area contributed by atoms with Gasteiger partial charge < -0.3 is 24.9 Å². The standard InChI is InChI=1S/C26H37NO4/c1-17(2)11-9-12-18(3)13-10-16-26(5,28)25-24(30-6)22-19(4)27(29)21-15-8-7-14-20(21)23(22)31-25/h7-8,11,13-15,19,24-25,27-28H,9-10,12,16H2,1-6H3. The Morgan fingerprint density at radius 2 is 1.94 bits per heavy atom. The molecule has 0 amide bonds. The average molecular weight is 428 g/mol. The van der Waals surface area contributed by atoms with E-state index < -0.39 is 17.8 Å². The fourth-order valence-corrected chi connectivity index (χ4v) is 4.63. The van der Waals surface area contributed by atoms with Crippen molar-refractivity contribution in [2.45, 2.75) is 84.2 Å². The summed E-state index contributed by atoms with van der Waals surface area (Å²) in [4.78, 5) is 0. The minimum Gasteiger partial charge on any atom is -0.628 e. The zero-order valence-electron chi connectivity index (χ0n) is 19.7. The molecule has 5 atom stereocenters. The van der Waals surface area contributed by atoms with E-state index in [1.807, 2.05) is 38.1 Å². The Morgan fingerprint density at radius 3 is 2.61 bits per heavy atom. The molecule has 2 N–H and O–H groups in total. The van der Waals surface area contributed by atoms with Gasteiger partial charge in [-0.15, -0.1) is 0 Å².